The van der Waals surface area contributed by atoms with Crippen molar-refractivity contribution in [2.75, 3.05) is 0 Å². The fourth-order valence-corrected chi connectivity index (χ4v) is 1.82. The van der Waals surface area contributed by atoms with E-state index in [0.717, 1.165) is 11.8 Å². The topological polar surface area (TPSA) is 0 Å². The fourth-order valence-electron chi connectivity index (χ4n) is 1.82. The molecule has 0 aromatic heterocycles. The van der Waals surface area contributed by atoms with Crippen molar-refractivity contribution in [2.45, 2.75) is 47.0 Å². The summed E-state index contributed by atoms with van der Waals surface area (Å²) in [5, 5.41) is 0. The standard InChI is InChI=1S/C11H21/c1-5-9(6-2)7-10-8-11(10,3)4/h8-10H,5-7H2,1-4H3. The molecule has 0 aromatic rings. The van der Waals surface area contributed by atoms with E-state index >= 15 is 0 Å². The molecular formula is C11H21. The Morgan fingerprint density at radius 3 is 2.00 bits per heavy atom. The molecule has 1 fully saturated rings. The minimum atomic E-state index is 0.572. The van der Waals surface area contributed by atoms with Gasteiger partial charge in [-0.1, -0.05) is 40.5 Å². The van der Waals surface area contributed by atoms with Gasteiger partial charge < -0.3 is 0 Å². The maximum Gasteiger partial charge on any atom is -0.0289 e. The maximum absolute atomic E-state index is 2.49. The molecule has 0 N–H and O–H groups in total. The lowest BCUT2D eigenvalue weighted by Crippen LogP contribution is -2.01. The summed E-state index contributed by atoms with van der Waals surface area (Å²) in [6, 6.07) is 0. The van der Waals surface area contributed by atoms with Crippen LogP contribution in [0.25, 0.3) is 0 Å². The van der Waals surface area contributed by atoms with E-state index < -0.39 is 0 Å². The zero-order valence-electron chi connectivity index (χ0n) is 8.35. The van der Waals surface area contributed by atoms with E-state index in [1.165, 1.54) is 19.3 Å². The molecule has 1 saturated carbocycles. The molecular weight excluding hydrogens is 132 g/mol. The Bertz CT molecular complexity index is 120. The summed E-state index contributed by atoms with van der Waals surface area (Å²) >= 11 is 0. The van der Waals surface area contributed by atoms with Gasteiger partial charge in [0.25, 0.3) is 0 Å². The Morgan fingerprint density at radius 2 is 1.73 bits per heavy atom. The third-order valence-corrected chi connectivity index (χ3v) is 3.22. The maximum atomic E-state index is 2.49. The first-order valence-corrected chi connectivity index (χ1v) is 4.96. The van der Waals surface area contributed by atoms with Gasteiger partial charge in [-0.2, -0.15) is 0 Å². The summed E-state index contributed by atoms with van der Waals surface area (Å²) in [4.78, 5) is 0. The third-order valence-electron chi connectivity index (χ3n) is 3.22. The molecule has 0 aromatic carbocycles. The van der Waals surface area contributed by atoms with Crippen LogP contribution in [0.1, 0.15) is 47.0 Å². The zero-order valence-corrected chi connectivity index (χ0v) is 8.35. The van der Waals surface area contributed by atoms with E-state index in [1.54, 1.807) is 0 Å². The number of hydrogen-bond acceptors (Lipinski definition) is 0. The van der Waals surface area contributed by atoms with Crippen LogP contribution in [0.5, 0.6) is 0 Å². The molecule has 1 aliphatic rings. The van der Waals surface area contributed by atoms with Gasteiger partial charge in [0.1, 0.15) is 0 Å². The minimum absolute atomic E-state index is 0.572. The van der Waals surface area contributed by atoms with Crippen molar-refractivity contribution in [1.29, 1.82) is 0 Å². The van der Waals surface area contributed by atoms with Crippen molar-refractivity contribution in [3.63, 3.8) is 0 Å². The predicted octanol–water partition coefficient (Wildman–Crippen LogP) is 3.67. The summed E-state index contributed by atoms with van der Waals surface area (Å²) < 4.78 is 0. The van der Waals surface area contributed by atoms with Gasteiger partial charge in [0.05, 0.1) is 0 Å². The van der Waals surface area contributed by atoms with Crippen LogP contribution < -0.4 is 0 Å². The summed E-state index contributed by atoms with van der Waals surface area (Å²) in [7, 11) is 0. The molecule has 1 aliphatic carbocycles. The summed E-state index contributed by atoms with van der Waals surface area (Å²) in [6.07, 6.45) is 6.64. The molecule has 0 nitrogen and oxygen atoms in total. The molecule has 0 spiro atoms. The molecule has 0 amide bonds. The third kappa shape index (κ3) is 2.21. The van der Waals surface area contributed by atoms with Crippen molar-refractivity contribution < 1.29 is 0 Å². The smallest absolute Gasteiger partial charge is 0.0289 e. The number of hydrogen-bond donors (Lipinski definition) is 0. The van der Waals surface area contributed by atoms with Crippen molar-refractivity contribution in [2.24, 2.45) is 17.3 Å². The molecule has 65 valence electrons. The lowest BCUT2D eigenvalue weighted by Gasteiger charge is -2.12. The van der Waals surface area contributed by atoms with Crippen molar-refractivity contribution >= 4 is 0 Å². The van der Waals surface area contributed by atoms with E-state index in [0.29, 0.717) is 5.41 Å². The normalized spacial score (nSPS) is 27.5. The monoisotopic (exact) mass is 153 g/mol. The average Bonchev–Trinajstić information content (AvgIpc) is 2.54. The lowest BCUT2D eigenvalue weighted by atomic mass is 9.94. The van der Waals surface area contributed by atoms with E-state index in [4.69, 9.17) is 0 Å². The Morgan fingerprint density at radius 1 is 1.27 bits per heavy atom. The Balaban J connectivity index is 2.21. The van der Waals surface area contributed by atoms with Gasteiger partial charge in [-0.15, -0.1) is 0 Å². The van der Waals surface area contributed by atoms with E-state index in [-0.39, 0.29) is 0 Å². The molecule has 0 saturated heterocycles. The molecule has 1 rings (SSSR count). The van der Waals surface area contributed by atoms with Gasteiger partial charge in [0.15, 0.2) is 0 Å². The molecule has 0 heterocycles. The molecule has 0 heteroatoms. The second-order valence-electron chi connectivity index (χ2n) is 4.51. The van der Waals surface area contributed by atoms with Crippen LogP contribution in [-0.4, -0.2) is 0 Å². The zero-order chi connectivity index (χ0) is 8.48. The second-order valence-corrected chi connectivity index (χ2v) is 4.51. The minimum Gasteiger partial charge on any atom is -0.0651 e. The molecule has 0 bridgehead atoms. The first kappa shape index (κ1) is 9.09. The van der Waals surface area contributed by atoms with Crippen LogP contribution in [0.4, 0.5) is 0 Å². The van der Waals surface area contributed by atoms with E-state index in [2.05, 4.69) is 34.1 Å². The largest absolute Gasteiger partial charge is 0.0651 e. The molecule has 11 heavy (non-hydrogen) atoms. The summed E-state index contributed by atoms with van der Waals surface area (Å²) in [5.41, 5.74) is 0.572. The highest BCUT2D eigenvalue weighted by atomic mass is 14.5. The predicted molar refractivity (Wildman–Crippen MR) is 50.3 cm³/mol. The van der Waals surface area contributed by atoms with Crippen LogP contribution in [0.3, 0.4) is 0 Å². The SMILES string of the molecule is CCC(CC)CC1[CH]C1(C)C. The molecule has 1 unspecified atom stereocenters. The van der Waals surface area contributed by atoms with Crippen molar-refractivity contribution in [3.8, 4) is 0 Å². The average molecular weight is 153 g/mol. The highest BCUT2D eigenvalue weighted by Gasteiger charge is 2.45. The summed E-state index contributed by atoms with van der Waals surface area (Å²) in [5.74, 6) is 1.89. The Labute approximate surface area is 71.4 Å². The van der Waals surface area contributed by atoms with E-state index in [9.17, 15) is 0 Å². The first-order valence-electron chi connectivity index (χ1n) is 4.96. The van der Waals surface area contributed by atoms with Crippen LogP contribution in [0.15, 0.2) is 0 Å². The van der Waals surface area contributed by atoms with Crippen LogP contribution in [0.2, 0.25) is 0 Å². The first-order chi connectivity index (χ1) is 5.10. The summed E-state index contributed by atoms with van der Waals surface area (Å²) in [6.45, 7) is 9.31. The van der Waals surface area contributed by atoms with Crippen LogP contribution >= 0.6 is 0 Å². The Kier molecular flexibility index (Phi) is 2.61. The van der Waals surface area contributed by atoms with Crippen LogP contribution in [-0.2, 0) is 0 Å². The van der Waals surface area contributed by atoms with Gasteiger partial charge in [0.2, 0.25) is 0 Å². The van der Waals surface area contributed by atoms with Crippen molar-refractivity contribution in [3.05, 3.63) is 6.42 Å². The highest BCUT2D eigenvalue weighted by molar-refractivity contribution is 5.13. The highest BCUT2D eigenvalue weighted by Crippen LogP contribution is 2.53. The van der Waals surface area contributed by atoms with Gasteiger partial charge in [-0.3, -0.25) is 0 Å². The van der Waals surface area contributed by atoms with Crippen LogP contribution in [0, 0.1) is 23.7 Å². The van der Waals surface area contributed by atoms with Gasteiger partial charge in [-0.05, 0) is 30.1 Å². The molecule has 0 aliphatic heterocycles. The molecule has 1 atom stereocenters. The number of rotatable bonds is 4. The molecule has 1 radical (unpaired) electrons. The van der Waals surface area contributed by atoms with Gasteiger partial charge in [-0.25, -0.2) is 0 Å². The lowest BCUT2D eigenvalue weighted by molar-refractivity contribution is 0.393. The fraction of sp³-hybridized carbons (Fsp3) is 0.909. The van der Waals surface area contributed by atoms with Gasteiger partial charge in [0, 0.05) is 0 Å². The van der Waals surface area contributed by atoms with E-state index in [1.807, 2.05) is 0 Å². The second kappa shape index (κ2) is 3.16. The van der Waals surface area contributed by atoms with Gasteiger partial charge >= 0.3 is 0 Å². The quantitative estimate of drug-likeness (QED) is 0.578. The Hall–Kier alpha value is 0. The van der Waals surface area contributed by atoms with Crippen molar-refractivity contribution in [1.82, 2.24) is 0 Å².